The highest BCUT2D eigenvalue weighted by Crippen LogP contribution is 2.48. The van der Waals surface area contributed by atoms with Crippen molar-refractivity contribution in [3.63, 3.8) is 0 Å². The molecule has 1 aromatic carbocycles. The molecule has 0 heterocycles. The average Bonchev–Trinajstić information content (AvgIpc) is 2.40. The maximum Gasteiger partial charge on any atom is 0.224 e. The molecule has 4 nitrogen and oxygen atoms in total. The summed E-state index contributed by atoms with van der Waals surface area (Å²) in [7, 11) is 0. The first-order valence-electron chi connectivity index (χ1n) is 7.11. The molecule has 0 aromatic heterocycles. The third-order valence-electron chi connectivity index (χ3n) is 4.41. The van der Waals surface area contributed by atoms with E-state index in [4.69, 9.17) is 0 Å². The van der Waals surface area contributed by atoms with Crippen molar-refractivity contribution in [1.82, 2.24) is 5.32 Å². The Bertz CT molecular complexity index is 540. The van der Waals surface area contributed by atoms with Crippen molar-refractivity contribution in [2.75, 3.05) is 5.32 Å². The summed E-state index contributed by atoms with van der Waals surface area (Å²) in [6, 6.07) is 7.70. The van der Waals surface area contributed by atoms with Crippen molar-refractivity contribution >= 4 is 33.4 Å². The second kappa shape index (κ2) is 6.18. The first kappa shape index (κ1) is 16.0. The molecule has 0 aliphatic heterocycles. The van der Waals surface area contributed by atoms with Gasteiger partial charge in [-0.3, -0.25) is 9.59 Å². The van der Waals surface area contributed by atoms with E-state index in [1.54, 1.807) is 0 Å². The summed E-state index contributed by atoms with van der Waals surface area (Å²) in [6.07, 6.45) is 1.35. The third-order valence-corrected chi connectivity index (χ3v) is 4.94. The van der Waals surface area contributed by atoms with Crippen LogP contribution in [0.5, 0.6) is 0 Å². The van der Waals surface area contributed by atoms with Gasteiger partial charge in [0.1, 0.15) is 0 Å². The molecule has 1 fully saturated rings. The van der Waals surface area contributed by atoms with Gasteiger partial charge in [0.15, 0.2) is 0 Å². The molecule has 0 spiro atoms. The van der Waals surface area contributed by atoms with Crippen LogP contribution in [0.2, 0.25) is 0 Å². The summed E-state index contributed by atoms with van der Waals surface area (Å²) in [6.45, 7) is 5.74. The molecule has 21 heavy (non-hydrogen) atoms. The molecule has 0 radical (unpaired) electrons. The van der Waals surface area contributed by atoms with E-state index < -0.39 is 0 Å². The lowest BCUT2D eigenvalue weighted by Crippen LogP contribution is -2.58. The number of hydrogen-bond donors (Lipinski definition) is 2. The van der Waals surface area contributed by atoms with Crippen molar-refractivity contribution in [2.24, 2.45) is 11.3 Å². The summed E-state index contributed by atoms with van der Waals surface area (Å²) in [5.41, 5.74) is 0.765. The van der Waals surface area contributed by atoms with Crippen LogP contribution in [0.4, 0.5) is 5.69 Å². The van der Waals surface area contributed by atoms with Gasteiger partial charge in [-0.15, -0.1) is 0 Å². The molecular formula is C16H21BrN2O2. The number of amides is 2. The normalized spacial score (nSPS) is 23.0. The van der Waals surface area contributed by atoms with Crippen LogP contribution in [0.15, 0.2) is 28.7 Å². The van der Waals surface area contributed by atoms with Crippen LogP contribution in [-0.4, -0.2) is 17.9 Å². The lowest BCUT2D eigenvalue weighted by atomic mass is 9.57. The van der Waals surface area contributed by atoms with Gasteiger partial charge >= 0.3 is 0 Å². The fraction of sp³-hybridized carbons (Fsp3) is 0.500. The van der Waals surface area contributed by atoms with Gasteiger partial charge < -0.3 is 10.6 Å². The molecule has 0 bridgehead atoms. The monoisotopic (exact) mass is 352 g/mol. The van der Waals surface area contributed by atoms with Gasteiger partial charge in [-0.05, 0) is 42.0 Å². The number of rotatable bonds is 4. The Balaban J connectivity index is 1.86. The van der Waals surface area contributed by atoms with Crippen LogP contribution in [0.3, 0.4) is 0 Å². The Morgan fingerprint density at radius 3 is 2.43 bits per heavy atom. The van der Waals surface area contributed by atoms with Gasteiger partial charge in [-0.1, -0.05) is 29.8 Å². The highest BCUT2D eigenvalue weighted by Gasteiger charge is 2.48. The van der Waals surface area contributed by atoms with Crippen LogP contribution in [0.25, 0.3) is 0 Å². The smallest absolute Gasteiger partial charge is 0.224 e. The van der Waals surface area contributed by atoms with Crippen molar-refractivity contribution in [3.05, 3.63) is 28.7 Å². The Morgan fingerprint density at radius 2 is 1.90 bits per heavy atom. The van der Waals surface area contributed by atoms with Gasteiger partial charge in [-0.25, -0.2) is 0 Å². The van der Waals surface area contributed by atoms with Crippen LogP contribution in [0.1, 0.15) is 33.6 Å². The maximum atomic E-state index is 12.1. The zero-order valence-electron chi connectivity index (χ0n) is 12.6. The fourth-order valence-electron chi connectivity index (χ4n) is 2.82. The van der Waals surface area contributed by atoms with E-state index in [0.717, 1.165) is 16.6 Å². The second-order valence-electron chi connectivity index (χ2n) is 6.27. The molecule has 5 heteroatoms. The van der Waals surface area contributed by atoms with Gasteiger partial charge in [0.2, 0.25) is 11.8 Å². The molecule has 2 atom stereocenters. The lowest BCUT2D eigenvalue weighted by molar-refractivity contribution is -0.125. The standard InChI is InChI=1S/C16H21BrN2O2/c1-10(20)18-14-8-11(16(14,2)3)9-15(21)19-13-6-4-12(17)5-7-13/h4-7,11,14H,8-9H2,1-3H3,(H,18,20)(H,19,21). The number of benzene rings is 1. The Morgan fingerprint density at radius 1 is 1.29 bits per heavy atom. The number of carbonyl (C=O) groups is 2. The molecule has 114 valence electrons. The molecule has 1 aliphatic rings. The molecule has 1 aliphatic carbocycles. The summed E-state index contributed by atoms with van der Waals surface area (Å²) in [4.78, 5) is 23.2. The summed E-state index contributed by atoms with van der Waals surface area (Å²) >= 11 is 3.37. The van der Waals surface area contributed by atoms with Crippen molar-refractivity contribution in [2.45, 2.75) is 39.7 Å². The van der Waals surface area contributed by atoms with Crippen LogP contribution < -0.4 is 10.6 Å². The predicted molar refractivity (Wildman–Crippen MR) is 86.9 cm³/mol. The molecule has 1 aromatic rings. The van der Waals surface area contributed by atoms with Gasteiger partial charge in [-0.2, -0.15) is 0 Å². The topological polar surface area (TPSA) is 58.2 Å². The maximum absolute atomic E-state index is 12.1. The molecule has 2 amide bonds. The minimum atomic E-state index is -0.0390. The number of carbonyl (C=O) groups excluding carboxylic acids is 2. The summed E-state index contributed by atoms with van der Waals surface area (Å²) in [5, 5.41) is 5.87. The van der Waals surface area contributed by atoms with Crippen molar-refractivity contribution < 1.29 is 9.59 Å². The number of hydrogen-bond acceptors (Lipinski definition) is 2. The van der Waals surface area contributed by atoms with E-state index >= 15 is 0 Å². The molecule has 0 saturated heterocycles. The molecule has 2 N–H and O–H groups in total. The third kappa shape index (κ3) is 3.84. The minimum absolute atomic E-state index is 0.00848. The van der Waals surface area contributed by atoms with Gasteiger partial charge in [0.05, 0.1) is 0 Å². The zero-order valence-corrected chi connectivity index (χ0v) is 14.2. The van der Waals surface area contributed by atoms with E-state index in [0.29, 0.717) is 12.3 Å². The largest absolute Gasteiger partial charge is 0.353 e. The number of nitrogens with one attached hydrogen (secondary N) is 2. The average molecular weight is 353 g/mol. The molecular weight excluding hydrogens is 332 g/mol. The Kier molecular flexibility index (Phi) is 4.71. The van der Waals surface area contributed by atoms with Crippen LogP contribution in [-0.2, 0) is 9.59 Å². The molecule has 1 saturated carbocycles. The van der Waals surface area contributed by atoms with E-state index in [1.807, 2.05) is 24.3 Å². The van der Waals surface area contributed by atoms with Gasteiger partial charge in [0.25, 0.3) is 0 Å². The van der Waals surface area contributed by atoms with Crippen molar-refractivity contribution in [3.8, 4) is 0 Å². The van der Waals surface area contributed by atoms with Crippen LogP contribution in [0, 0.1) is 11.3 Å². The zero-order chi connectivity index (χ0) is 15.6. The highest BCUT2D eigenvalue weighted by atomic mass is 79.9. The first-order chi connectivity index (χ1) is 9.79. The summed E-state index contributed by atoms with van der Waals surface area (Å²) in [5.74, 6) is 0.312. The fourth-order valence-corrected chi connectivity index (χ4v) is 3.09. The minimum Gasteiger partial charge on any atom is -0.353 e. The van der Waals surface area contributed by atoms with E-state index in [2.05, 4.69) is 40.4 Å². The molecule has 2 rings (SSSR count). The summed E-state index contributed by atoms with van der Waals surface area (Å²) < 4.78 is 0.985. The van der Waals surface area contributed by atoms with Gasteiger partial charge in [0, 0.05) is 29.5 Å². The van der Waals surface area contributed by atoms with E-state index in [1.165, 1.54) is 6.92 Å². The van der Waals surface area contributed by atoms with Crippen molar-refractivity contribution in [1.29, 1.82) is 0 Å². The van der Waals surface area contributed by atoms with E-state index in [9.17, 15) is 9.59 Å². The Labute approximate surface area is 133 Å². The lowest BCUT2D eigenvalue weighted by Gasteiger charge is -2.52. The second-order valence-corrected chi connectivity index (χ2v) is 7.18. The SMILES string of the molecule is CC(=O)NC1CC(CC(=O)Nc2ccc(Br)cc2)C1(C)C. The van der Waals surface area contributed by atoms with Crippen LogP contribution >= 0.6 is 15.9 Å². The van der Waals surface area contributed by atoms with E-state index in [-0.39, 0.29) is 23.3 Å². The Hall–Kier alpha value is -1.36. The number of anilines is 1. The molecule has 2 unspecified atom stereocenters. The quantitative estimate of drug-likeness (QED) is 0.872. The number of halogens is 1. The highest BCUT2D eigenvalue weighted by molar-refractivity contribution is 9.10. The first-order valence-corrected chi connectivity index (χ1v) is 7.91. The predicted octanol–water partition coefficient (Wildman–Crippen LogP) is 3.33.